The standard InChI is InChI=1S/C17H21N3O2/c1-12-15(9-14-10-18-6-3-17(14)13(2)21)11-20(19-12)16-4-7-22-8-5-16/h3,6,10-11,16H,4-5,7-9H2,1-2H3. The Balaban J connectivity index is 1.84. The van der Waals surface area contributed by atoms with Crippen LogP contribution in [0.15, 0.2) is 24.7 Å². The molecular formula is C17H21N3O2. The number of nitrogens with zero attached hydrogens (tertiary/aromatic N) is 3. The molecule has 1 aliphatic heterocycles. The fourth-order valence-electron chi connectivity index (χ4n) is 2.95. The first-order valence-corrected chi connectivity index (χ1v) is 7.71. The molecule has 2 aromatic heterocycles. The molecule has 0 saturated carbocycles. The molecule has 3 rings (SSSR count). The van der Waals surface area contributed by atoms with Gasteiger partial charge in [-0.2, -0.15) is 5.10 Å². The molecule has 5 nitrogen and oxygen atoms in total. The molecule has 0 unspecified atom stereocenters. The minimum absolute atomic E-state index is 0.0758. The summed E-state index contributed by atoms with van der Waals surface area (Å²) in [4.78, 5) is 15.9. The predicted octanol–water partition coefficient (Wildman–Crippen LogP) is 2.73. The van der Waals surface area contributed by atoms with E-state index in [9.17, 15) is 4.79 Å². The van der Waals surface area contributed by atoms with Crippen LogP contribution in [0.3, 0.4) is 0 Å². The molecule has 0 spiro atoms. The maximum Gasteiger partial charge on any atom is 0.160 e. The zero-order valence-corrected chi connectivity index (χ0v) is 13.1. The first-order valence-electron chi connectivity index (χ1n) is 7.71. The third-order valence-electron chi connectivity index (χ3n) is 4.25. The third kappa shape index (κ3) is 3.09. The Morgan fingerprint density at radius 3 is 2.86 bits per heavy atom. The molecule has 5 heteroatoms. The van der Waals surface area contributed by atoms with Gasteiger partial charge in [0, 0.05) is 43.8 Å². The van der Waals surface area contributed by atoms with Crippen molar-refractivity contribution in [1.82, 2.24) is 14.8 Å². The van der Waals surface area contributed by atoms with E-state index < -0.39 is 0 Å². The van der Waals surface area contributed by atoms with E-state index in [1.54, 1.807) is 25.4 Å². The maximum absolute atomic E-state index is 11.7. The summed E-state index contributed by atoms with van der Waals surface area (Å²) in [5.74, 6) is 0.0758. The molecule has 0 bridgehead atoms. The number of aryl methyl sites for hydroxylation is 1. The molecule has 1 fully saturated rings. The molecule has 1 saturated heterocycles. The highest BCUT2D eigenvalue weighted by atomic mass is 16.5. The lowest BCUT2D eigenvalue weighted by Gasteiger charge is -2.22. The summed E-state index contributed by atoms with van der Waals surface area (Å²) in [5, 5.41) is 4.66. The van der Waals surface area contributed by atoms with Crippen LogP contribution in [-0.4, -0.2) is 33.8 Å². The molecule has 0 atom stereocenters. The lowest BCUT2D eigenvalue weighted by Crippen LogP contribution is -2.19. The number of pyridine rings is 1. The van der Waals surface area contributed by atoms with E-state index in [2.05, 4.69) is 21.0 Å². The first kappa shape index (κ1) is 14.9. The van der Waals surface area contributed by atoms with Gasteiger partial charge in [-0.15, -0.1) is 0 Å². The third-order valence-corrected chi connectivity index (χ3v) is 4.25. The van der Waals surface area contributed by atoms with Crippen molar-refractivity contribution in [3.63, 3.8) is 0 Å². The van der Waals surface area contributed by atoms with Crippen molar-refractivity contribution in [2.75, 3.05) is 13.2 Å². The number of hydrogen-bond donors (Lipinski definition) is 0. The lowest BCUT2D eigenvalue weighted by molar-refractivity contribution is 0.0661. The van der Waals surface area contributed by atoms with Crippen molar-refractivity contribution < 1.29 is 9.53 Å². The average molecular weight is 299 g/mol. The predicted molar refractivity (Wildman–Crippen MR) is 83.1 cm³/mol. The minimum atomic E-state index is 0.0758. The summed E-state index contributed by atoms with van der Waals surface area (Å²) >= 11 is 0. The molecule has 0 aliphatic carbocycles. The highest BCUT2D eigenvalue weighted by Crippen LogP contribution is 2.23. The zero-order chi connectivity index (χ0) is 15.5. The van der Waals surface area contributed by atoms with Crippen molar-refractivity contribution in [2.45, 2.75) is 39.2 Å². The van der Waals surface area contributed by atoms with E-state index in [-0.39, 0.29) is 5.78 Å². The van der Waals surface area contributed by atoms with Crippen molar-refractivity contribution >= 4 is 5.78 Å². The summed E-state index contributed by atoms with van der Waals surface area (Å²) in [6.07, 6.45) is 8.26. The van der Waals surface area contributed by atoms with Gasteiger partial charge < -0.3 is 4.74 Å². The van der Waals surface area contributed by atoms with Crippen molar-refractivity contribution in [1.29, 1.82) is 0 Å². The molecule has 0 N–H and O–H groups in total. The van der Waals surface area contributed by atoms with Crippen LogP contribution in [0.1, 0.15) is 53.0 Å². The van der Waals surface area contributed by atoms with E-state index in [1.807, 2.05) is 6.92 Å². The van der Waals surface area contributed by atoms with Crippen LogP contribution in [-0.2, 0) is 11.2 Å². The fraction of sp³-hybridized carbons (Fsp3) is 0.471. The number of Topliss-reactive ketones (excluding diaryl/α,β-unsaturated/α-hetero) is 1. The van der Waals surface area contributed by atoms with Crippen molar-refractivity contribution in [3.05, 3.63) is 47.0 Å². The Kier molecular flexibility index (Phi) is 4.34. The van der Waals surface area contributed by atoms with E-state index in [4.69, 9.17) is 4.74 Å². The summed E-state index contributed by atoms with van der Waals surface area (Å²) in [5.41, 5.74) is 3.88. The van der Waals surface area contributed by atoms with Gasteiger partial charge >= 0.3 is 0 Å². The molecule has 22 heavy (non-hydrogen) atoms. The lowest BCUT2D eigenvalue weighted by atomic mass is 10.0. The molecular weight excluding hydrogens is 278 g/mol. The van der Waals surface area contributed by atoms with Crippen LogP contribution in [0.25, 0.3) is 0 Å². The van der Waals surface area contributed by atoms with E-state index in [1.165, 1.54) is 0 Å². The number of aromatic nitrogens is 3. The molecule has 0 radical (unpaired) electrons. The van der Waals surface area contributed by atoms with Crippen LogP contribution in [0.2, 0.25) is 0 Å². The average Bonchev–Trinajstić information content (AvgIpc) is 2.90. The quantitative estimate of drug-likeness (QED) is 0.815. The highest BCUT2D eigenvalue weighted by Gasteiger charge is 2.18. The summed E-state index contributed by atoms with van der Waals surface area (Å²) < 4.78 is 7.48. The molecule has 0 amide bonds. The Morgan fingerprint density at radius 1 is 1.36 bits per heavy atom. The first-order chi connectivity index (χ1) is 10.6. The Labute approximate surface area is 130 Å². The normalized spacial score (nSPS) is 15.9. The number of hydrogen-bond acceptors (Lipinski definition) is 4. The van der Waals surface area contributed by atoms with Crippen LogP contribution in [0, 0.1) is 6.92 Å². The van der Waals surface area contributed by atoms with Gasteiger partial charge in [0.2, 0.25) is 0 Å². The summed E-state index contributed by atoms with van der Waals surface area (Å²) in [6.45, 7) is 5.22. The van der Waals surface area contributed by atoms with Gasteiger partial charge in [0.05, 0.1) is 11.7 Å². The van der Waals surface area contributed by atoms with Gasteiger partial charge in [0.15, 0.2) is 5.78 Å². The number of ether oxygens (including phenoxy) is 1. The topological polar surface area (TPSA) is 57.0 Å². The largest absolute Gasteiger partial charge is 0.381 e. The second-order valence-electron chi connectivity index (χ2n) is 5.83. The number of rotatable bonds is 4. The number of ketones is 1. The Bertz CT molecular complexity index is 672. The monoisotopic (exact) mass is 299 g/mol. The summed E-state index contributed by atoms with van der Waals surface area (Å²) in [6, 6.07) is 2.21. The van der Waals surface area contributed by atoms with Gasteiger partial charge in [-0.3, -0.25) is 14.5 Å². The SMILES string of the molecule is CC(=O)c1ccncc1Cc1cn(C2CCOCC2)nc1C. The zero-order valence-electron chi connectivity index (χ0n) is 13.1. The minimum Gasteiger partial charge on any atom is -0.381 e. The Morgan fingerprint density at radius 2 is 2.14 bits per heavy atom. The summed E-state index contributed by atoms with van der Waals surface area (Å²) in [7, 11) is 0. The molecule has 1 aliphatic rings. The smallest absolute Gasteiger partial charge is 0.160 e. The molecule has 3 heterocycles. The van der Waals surface area contributed by atoms with Gasteiger partial charge in [-0.05, 0) is 43.9 Å². The van der Waals surface area contributed by atoms with Crippen LogP contribution in [0.5, 0.6) is 0 Å². The fourth-order valence-corrected chi connectivity index (χ4v) is 2.95. The maximum atomic E-state index is 11.7. The van der Waals surface area contributed by atoms with Gasteiger partial charge in [0.25, 0.3) is 0 Å². The molecule has 116 valence electrons. The Hall–Kier alpha value is -2.01. The van der Waals surface area contributed by atoms with E-state index >= 15 is 0 Å². The molecule has 0 aromatic carbocycles. The molecule has 2 aromatic rings. The van der Waals surface area contributed by atoms with Gasteiger partial charge in [-0.1, -0.05) is 0 Å². The van der Waals surface area contributed by atoms with Crippen LogP contribution in [0.4, 0.5) is 0 Å². The van der Waals surface area contributed by atoms with E-state index in [0.29, 0.717) is 12.5 Å². The van der Waals surface area contributed by atoms with Crippen LogP contribution < -0.4 is 0 Å². The van der Waals surface area contributed by atoms with Crippen molar-refractivity contribution in [3.8, 4) is 0 Å². The van der Waals surface area contributed by atoms with E-state index in [0.717, 1.165) is 48.4 Å². The second kappa shape index (κ2) is 6.40. The van der Waals surface area contributed by atoms with Crippen LogP contribution >= 0.6 is 0 Å². The van der Waals surface area contributed by atoms with Gasteiger partial charge in [-0.25, -0.2) is 0 Å². The number of carbonyl (C=O) groups excluding carboxylic acids is 1. The highest BCUT2D eigenvalue weighted by molar-refractivity contribution is 5.95. The van der Waals surface area contributed by atoms with Crippen molar-refractivity contribution in [2.24, 2.45) is 0 Å². The van der Waals surface area contributed by atoms with Gasteiger partial charge in [0.1, 0.15) is 0 Å². The number of carbonyl (C=O) groups is 1. The second-order valence-corrected chi connectivity index (χ2v) is 5.83.